The maximum absolute atomic E-state index is 5.93. The average Bonchev–Trinajstić information content (AvgIpc) is 2.80. The predicted molar refractivity (Wildman–Crippen MR) is 66.7 cm³/mol. The molecule has 96 valence electrons. The van der Waals surface area contributed by atoms with Gasteiger partial charge in [0.05, 0.1) is 19.3 Å². The molecule has 3 nitrogen and oxygen atoms in total. The second kappa shape index (κ2) is 8.04. The summed E-state index contributed by atoms with van der Waals surface area (Å²) in [6.07, 6.45) is 3.77. The first-order valence-corrected chi connectivity index (χ1v) is 6.70. The molecule has 16 heavy (non-hydrogen) atoms. The highest BCUT2D eigenvalue weighted by Gasteiger charge is 2.20. The number of hydrogen-bond acceptors (Lipinski definition) is 3. The van der Waals surface area contributed by atoms with Gasteiger partial charge in [0.15, 0.2) is 0 Å². The Kier molecular flexibility index (Phi) is 7.01. The van der Waals surface area contributed by atoms with Crippen LogP contribution in [0.1, 0.15) is 40.0 Å². The molecule has 1 aliphatic rings. The van der Waals surface area contributed by atoms with Gasteiger partial charge >= 0.3 is 0 Å². The minimum absolute atomic E-state index is 0.303. The topological polar surface area (TPSA) is 30.5 Å². The fraction of sp³-hybridized carbons (Fsp3) is 1.00. The summed E-state index contributed by atoms with van der Waals surface area (Å²) in [6.45, 7) is 10.3. The van der Waals surface area contributed by atoms with E-state index in [0.29, 0.717) is 18.1 Å². The van der Waals surface area contributed by atoms with Gasteiger partial charge in [-0.15, -0.1) is 0 Å². The third-order valence-corrected chi connectivity index (χ3v) is 3.28. The van der Waals surface area contributed by atoms with Crippen molar-refractivity contribution in [2.75, 3.05) is 26.4 Å². The van der Waals surface area contributed by atoms with Crippen LogP contribution < -0.4 is 5.32 Å². The van der Waals surface area contributed by atoms with Crippen LogP contribution in [0.15, 0.2) is 0 Å². The highest BCUT2D eigenvalue weighted by Crippen LogP contribution is 2.14. The van der Waals surface area contributed by atoms with Gasteiger partial charge in [0.1, 0.15) is 0 Å². The first kappa shape index (κ1) is 13.9. The summed E-state index contributed by atoms with van der Waals surface area (Å²) < 4.78 is 11.3. The SMILES string of the molecule is CCCNC(CC)C(C)OCC1CCOC1. The van der Waals surface area contributed by atoms with Crippen LogP contribution >= 0.6 is 0 Å². The molecule has 0 spiro atoms. The van der Waals surface area contributed by atoms with Crippen LogP contribution in [-0.2, 0) is 9.47 Å². The zero-order chi connectivity index (χ0) is 11.8. The molecule has 1 heterocycles. The Labute approximate surface area is 99.9 Å². The lowest BCUT2D eigenvalue weighted by Gasteiger charge is -2.25. The fourth-order valence-corrected chi connectivity index (χ4v) is 2.09. The second-order valence-electron chi connectivity index (χ2n) is 4.74. The minimum Gasteiger partial charge on any atom is -0.381 e. The van der Waals surface area contributed by atoms with E-state index in [1.807, 2.05) is 0 Å². The maximum Gasteiger partial charge on any atom is 0.0699 e. The summed E-state index contributed by atoms with van der Waals surface area (Å²) in [5.41, 5.74) is 0. The lowest BCUT2D eigenvalue weighted by Crippen LogP contribution is -2.40. The predicted octanol–water partition coefficient (Wildman–Crippen LogP) is 2.21. The van der Waals surface area contributed by atoms with E-state index in [2.05, 4.69) is 26.1 Å². The van der Waals surface area contributed by atoms with Gasteiger partial charge in [-0.1, -0.05) is 13.8 Å². The standard InChI is InChI=1S/C13H27NO2/c1-4-7-14-13(5-2)11(3)16-10-12-6-8-15-9-12/h11-14H,4-10H2,1-3H3. The van der Waals surface area contributed by atoms with Crippen LogP contribution in [-0.4, -0.2) is 38.5 Å². The van der Waals surface area contributed by atoms with Crippen LogP contribution in [0.2, 0.25) is 0 Å². The number of hydrogen-bond donors (Lipinski definition) is 1. The Balaban J connectivity index is 2.17. The number of nitrogens with one attached hydrogen (secondary N) is 1. The summed E-state index contributed by atoms with van der Waals surface area (Å²) in [4.78, 5) is 0. The van der Waals surface area contributed by atoms with Gasteiger partial charge in [0.2, 0.25) is 0 Å². The Morgan fingerprint density at radius 2 is 2.25 bits per heavy atom. The number of ether oxygens (including phenoxy) is 2. The van der Waals surface area contributed by atoms with Crippen molar-refractivity contribution in [3.05, 3.63) is 0 Å². The van der Waals surface area contributed by atoms with Gasteiger partial charge in [0.25, 0.3) is 0 Å². The molecule has 1 rings (SSSR count). The largest absolute Gasteiger partial charge is 0.381 e. The molecule has 1 N–H and O–H groups in total. The summed E-state index contributed by atoms with van der Waals surface area (Å²) in [5, 5.41) is 3.54. The van der Waals surface area contributed by atoms with Crippen molar-refractivity contribution in [2.45, 2.75) is 52.2 Å². The minimum atomic E-state index is 0.303. The van der Waals surface area contributed by atoms with Crippen LogP contribution in [0.25, 0.3) is 0 Å². The summed E-state index contributed by atoms with van der Waals surface area (Å²) in [6, 6.07) is 0.488. The summed E-state index contributed by atoms with van der Waals surface area (Å²) in [5.74, 6) is 0.617. The summed E-state index contributed by atoms with van der Waals surface area (Å²) >= 11 is 0. The smallest absolute Gasteiger partial charge is 0.0699 e. The quantitative estimate of drug-likeness (QED) is 0.692. The molecule has 1 aliphatic heterocycles. The van der Waals surface area contributed by atoms with Gasteiger partial charge in [-0.3, -0.25) is 0 Å². The van der Waals surface area contributed by atoms with Crippen LogP contribution in [0, 0.1) is 5.92 Å². The molecule has 3 unspecified atom stereocenters. The average molecular weight is 229 g/mol. The highest BCUT2D eigenvalue weighted by molar-refractivity contribution is 4.73. The van der Waals surface area contributed by atoms with E-state index in [1.54, 1.807) is 0 Å². The van der Waals surface area contributed by atoms with Crippen molar-refractivity contribution in [2.24, 2.45) is 5.92 Å². The Morgan fingerprint density at radius 3 is 2.81 bits per heavy atom. The molecule has 0 aromatic heterocycles. The second-order valence-corrected chi connectivity index (χ2v) is 4.74. The van der Waals surface area contributed by atoms with Gasteiger partial charge in [-0.25, -0.2) is 0 Å². The van der Waals surface area contributed by atoms with Gasteiger partial charge < -0.3 is 14.8 Å². The van der Waals surface area contributed by atoms with Crippen molar-refractivity contribution < 1.29 is 9.47 Å². The van der Waals surface area contributed by atoms with E-state index in [9.17, 15) is 0 Å². The van der Waals surface area contributed by atoms with Gasteiger partial charge in [-0.2, -0.15) is 0 Å². The molecule has 3 heteroatoms. The lowest BCUT2D eigenvalue weighted by molar-refractivity contribution is 0.0142. The first-order chi connectivity index (χ1) is 7.77. The van der Waals surface area contributed by atoms with Gasteiger partial charge in [0, 0.05) is 18.6 Å². The molecule has 1 fully saturated rings. The zero-order valence-corrected chi connectivity index (χ0v) is 11.0. The monoisotopic (exact) mass is 229 g/mol. The first-order valence-electron chi connectivity index (χ1n) is 6.70. The Bertz CT molecular complexity index is 169. The third-order valence-electron chi connectivity index (χ3n) is 3.28. The van der Waals surface area contributed by atoms with Crippen molar-refractivity contribution in [1.82, 2.24) is 5.32 Å². The van der Waals surface area contributed by atoms with Crippen molar-refractivity contribution in [3.63, 3.8) is 0 Å². The van der Waals surface area contributed by atoms with E-state index < -0.39 is 0 Å². The lowest BCUT2D eigenvalue weighted by atomic mass is 10.1. The zero-order valence-electron chi connectivity index (χ0n) is 11.0. The molecular formula is C13H27NO2. The highest BCUT2D eigenvalue weighted by atomic mass is 16.5. The fourth-order valence-electron chi connectivity index (χ4n) is 2.09. The van der Waals surface area contributed by atoms with E-state index in [4.69, 9.17) is 9.47 Å². The van der Waals surface area contributed by atoms with E-state index in [0.717, 1.165) is 39.2 Å². The van der Waals surface area contributed by atoms with Gasteiger partial charge in [-0.05, 0) is 32.7 Å². The molecule has 0 radical (unpaired) electrons. The Hall–Kier alpha value is -0.120. The molecule has 0 amide bonds. The van der Waals surface area contributed by atoms with Crippen molar-refractivity contribution >= 4 is 0 Å². The molecule has 1 saturated heterocycles. The van der Waals surface area contributed by atoms with E-state index in [1.165, 1.54) is 6.42 Å². The third kappa shape index (κ3) is 4.81. The number of rotatable bonds is 8. The van der Waals surface area contributed by atoms with Crippen LogP contribution in [0.4, 0.5) is 0 Å². The van der Waals surface area contributed by atoms with Crippen molar-refractivity contribution in [3.8, 4) is 0 Å². The molecule has 3 atom stereocenters. The molecule has 0 aliphatic carbocycles. The summed E-state index contributed by atoms with van der Waals surface area (Å²) in [7, 11) is 0. The van der Waals surface area contributed by atoms with Crippen molar-refractivity contribution in [1.29, 1.82) is 0 Å². The molecular weight excluding hydrogens is 202 g/mol. The normalized spacial score (nSPS) is 24.6. The van der Waals surface area contributed by atoms with E-state index in [-0.39, 0.29) is 0 Å². The molecule has 0 bridgehead atoms. The van der Waals surface area contributed by atoms with Crippen LogP contribution in [0.5, 0.6) is 0 Å². The van der Waals surface area contributed by atoms with E-state index >= 15 is 0 Å². The maximum atomic E-state index is 5.93. The molecule has 0 saturated carbocycles. The molecule has 0 aromatic carbocycles. The Morgan fingerprint density at radius 1 is 1.44 bits per heavy atom. The molecule has 0 aromatic rings. The van der Waals surface area contributed by atoms with Crippen LogP contribution in [0.3, 0.4) is 0 Å².